The van der Waals surface area contributed by atoms with Gasteiger partial charge in [0.15, 0.2) is 0 Å². The number of benzene rings is 1. The van der Waals surface area contributed by atoms with E-state index in [1.165, 1.54) is 0 Å². The Hall–Kier alpha value is -1.99. The highest BCUT2D eigenvalue weighted by Crippen LogP contribution is 2.34. The first-order chi connectivity index (χ1) is 10.7. The van der Waals surface area contributed by atoms with E-state index in [2.05, 4.69) is 10.2 Å². The average Bonchev–Trinajstić information content (AvgIpc) is 2.56. The summed E-state index contributed by atoms with van der Waals surface area (Å²) in [6.07, 6.45) is 0. The van der Waals surface area contributed by atoms with Gasteiger partial charge in [-0.25, -0.2) is 4.79 Å². The lowest BCUT2D eigenvalue weighted by Crippen LogP contribution is -2.50. The third-order valence-corrected chi connectivity index (χ3v) is 3.76. The van der Waals surface area contributed by atoms with Gasteiger partial charge in [0, 0.05) is 39.3 Å². The van der Waals surface area contributed by atoms with Gasteiger partial charge in [-0.3, -0.25) is 4.90 Å². The van der Waals surface area contributed by atoms with E-state index < -0.39 is 0 Å². The number of nitrogens with two attached hydrogens (primary N) is 1. The van der Waals surface area contributed by atoms with Crippen LogP contribution in [0.1, 0.15) is 0 Å². The van der Waals surface area contributed by atoms with E-state index in [9.17, 15) is 4.79 Å². The number of hydrogen-bond donors (Lipinski definition) is 2. The third-order valence-electron chi connectivity index (χ3n) is 3.76. The summed E-state index contributed by atoms with van der Waals surface area (Å²) >= 11 is 0. The Labute approximate surface area is 131 Å². The van der Waals surface area contributed by atoms with Gasteiger partial charge >= 0.3 is 6.03 Å². The van der Waals surface area contributed by atoms with E-state index >= 15 is 0 Å². The normalized spacial score (nSPS) is 15.5. The van der Waals surface area contributed by atoms with Gasteiger partial charge in [0.25, 0.3) is 0 Å². The van der Waals surface area contributed by atoms with Gasteiger partial charge in [0.2, 0.25) is 0 Å². The van der Waals surface area contributed by atoms with Gasteiger partial charge in [0.1, 0.15) is 17.2 Å². The number of amides is 2. The van der Waals surface area contributed by atoms with E-state index in [-0.39, 0.29) is 6.03 Å². The quantitative estimate of drug-likeness (QED) is 0.841. The molecule has 1 saturated heterocycles. The zero-order valence-electron chi connectivity index (χ0n) is 13.2. The molecule has 1 fully saturated rings. The van der Waals surface area contributed by atoms with Gasteiger partial charge in [-0.2, -0.15) is 0 Å². The molecular weight excluding hydrogens is 284 g/mol. The Bertz CT molecular complexity index is 479. The molecule has 0 saturated carbocycles. The first-order valence-electron chi connectivity index (χ1n) is 7.39. The highest BCUT2D eigenvalue weighted by atomic mass is 16.5. The fraction of sp³-hybridized carbons (Fsp3) is 0.533. The standard InChI is InChI=1S/C15H24N4O3/c1-21-12-4-3-5-13(22-2)14(12)17-15(20)19-10-8-18(7-6-16)9-11-19/h3-5H,6-11,16H2,1-2H3,(H,17,20). The summed E-state index contributed by atoms with van der Waals surface area (Å²) in [6.45, 7) is 4.56. The molecule has 1 heterocycles. The summed E-state index contributed by atoms with van der Waals surface area (Å²) < 4.78 is 10.6. The smallest absolute Gasteiger partial charge is 0.322 e. The minimum atomic E-state index is -0.143. The molecule has 22 heavy (non-hydrogen) atoms. The maximum Gasteiger partial charge on any atom is 0.322 e. The molecular formula is C15H24N4O3. The number of rotatable bonds is 5. The SMILES string of the molecule is COc1cccc(OC)c1NC(=O)N1CCN(CCN)CC1. The van der Waals surface area contributed by atoms with Gasteiger partial charge < -0.3 is 25.4 Å². The van der Waals surface area contributed by atoms with Crippen LogP contribution in [0.5, 0.6) is 11.5 Å². The molecule has 7 heteroatoms. The number of para-hydroxylation sites is 1. The van der Waals surface area contributed by atoms with Gasteiger partial charge in [0.05, 0.1) is 14.2 Å². The number of nitrogens with one attached hydrogen (secondary N) is 1. The minimum Gasteiger partial charge on any atom is -0.494 e. The van der Waals surface area contributed by atoms with Crippen LogP contribution < -0.4 is 20.5 Å². The molecule has 0 spiro atoms. The number of carbonyl (C=O) groups is 1. The molecule has 1 aliphatic rings. The van der Waals surface area contributed by atoms with E-state index in [0.717, 1.165) is 19.6 Å². The number of carbonyl (C=O) groups excluding carboxylic acids is 1. The number of piperazine rings is 1. The topological polar surface area (TPSA) is 80.1 Å². The molecule has 3 N–H and O–H groups in total. The Balaban J connectivity index is 2.01. The van der Waals surface area contributed by atoms with Crippen LogP contribution in [0.4, 0.5) is 10.5 Å². The number of methoxy groups -OCH3 is 2. The monoisotopic (exact) mass is 308 g/mol. The molecule has 1 aromatic carbocycles. The van der Waals surface area contributed by atoms with Crippen LogP contribution in [0.2, 0.25) is 0 Å². The van der Waals surface area contributed by atoms with E-state index in [1.807, 2.05) is 6.07 Å². The second-order valence-electron chi connectivity index (χ2n) is 5.09. The number of anilines is 1. The molecule has 7 nitrogen and oxygen atoms in total. The molecule has 1 aliphatic heterocycles. The van der Waals surface area contributed by atoms with Crippen molar-refractivity contribution in [3.8, 4) is 11.5 Å². The Kier molecular flexibility index (Phi) is 5.85. The zero-order chi connectivity index (χ0) is 15.9. The zero-order valence-corrected chi connectivity index (χ0v) is 13.2. The van der Waals surface area contributed by atoms with Crippen molar-refractivity contribution in [1.29, 1.82) is 0 Å². The van der Waals surface area contributed by atoms with Gasteiger partial charge in [-0.15, -0.1) is 0 Å². The number of hydrogen-bond acceptors (Lipinski definition) is 5. The van der Waals surface area contributed by atoms with Crippen molar-refractivity contribution in [2.75, 3.05) is 58.8 Å². The molecule has 122 valence electrons. The fourth-order valence-electron chi connectivity index (χ4n) is 2.52. The predicted molar refractivity (Wildman–Crippen MR) is 85.6 cm³/mol. The highest BCUT2D eigenvalue weighted by molar-refractivity contribution is 5.93. The lowest BCUT2D eigenvalue weighted by Gasteiger charge is -2.34. The molecule has 0 unspecified atom stereocenters. The van der Waals surface area contributed by atoms with Crippen LogP contribution in [-0.4, -0.2) is 69.3 Å². The van der Waals surface area contributed by atoms with Crippen LogP contribution in [0.15, 0.2) is 18.2 Å². The summed E-state index contributed by atoms with van der Waals surface area (Å²) in [6, 6.07) is 5.25. The van der Waals surface area contributed by atoms with E-state index in [4.69, 9.17) is 15.2 Å². The molecule has 0 atom stereocenters. The van der Waals surface area contributed by atoms with Crippen molar-refractivity contribution in [3.05, 3.63) is 18.2 Å². The van der Waals surface area contributed by atoms with E-state index in [1.54, 1.807) is 31.3 Å². The molecule has 2 amide bonds. The Morgan fingerprint density at radius 2 is 1.77 bits per heavy atom. The van der Waals surface area contributed by atoms with Crippen molar-refractivity contribution < 1.29 is 14.3 Å². The fourth-order valence-corrected chi connectivity index (χ4v) is 2.52. The third kappa shape index (κ3) is 3.80. The van der Waals surface area contributed by atoms with Gasteiger partial charge in [-0.1, -0.05) is 6.07 Å². The summed E-state index contributed by atoms with van der Waals surface area (Å²) in [4.78, 5) is 16.5. The van der Waals surface area contributed by atoms with Gasteiger partial charge in [-0.05, 0) is 12.1 Å². The predicted octanol–water partition coefficient (Wildman–Crippen LogP) is 0.812. The Morgan fingerprint density at radius 3 is 2.27 bits per heavy atom. The van der Waals surface area contributed by atoms with Crippen LogP contribution in [0, 0.1) is 0 Å². The van der Waals surface area contributed by atoms with Crippen LogP contribution in [-0.2, 0) is 0 Å². The van der Waals surface area contributed by atoms with Crippen LogP contribution >= 0.6 is 0 Å². The Morgan fingerprint density at radius 1 is 1.18 bits per heavy atom. The molecule has 0 bridgehead atoms. The second kappa shape index (κ2) is 7.86. The summed E-state index contributed by atoms with van der Waals surface area (Å²) in [5.41, 5.74) is 6.11. The van der Waals surface area contributed by atoms with Crippen molar-refractivity contribution >= 4 is 11.7 Å². The number of ether oxygens (including phenoxy) is 2. The number of nitrogens with zero attached hydrogens (tertiary/aromatic N) is 2. The minimum absolute atomic E-state index is 0.143. The molecule has 2 rings (SSSR count). The largest absolute Gasteiger partial charge is 0.494 e. The van der Waals surface area contributed by atoms with Crippen molar-refractivity contribution in [2.45, 2.75) is 0 Å². The molecule has 0 aromatic heterocycles. The lowest BCUT2D eigenvalue weighted by molar-refractivity contribution is 0.149. The van der Waals surface area contributed by atoms with E-state index in [0.29, 0.717) is 36.8 Å². The van der Waals surface area contributed by atoms with Crippen LogP contribution in [0.25, 0.3) is 0 Å². The summed E-state index contributed by atoms with van der Waals surface area (Å²) in [5.74, 6) is 1.16. The summed E-state index contributed by atoms with van der Waals surface area (Å²) in [5, 5.41) is 2.89. The summed E-state index contributed by atoms with van der Waals surface area (Å²) in [7, 11) is 3.13. The molecule has 1 aromatic rings. The maximum absolute atomic E-state index is 12.4. The van der Waals surface area contributed by atoms with Crippen molar-refractivity contribution in [2.24, 2.45) is 5.73 Å². The second-order valence-corrected chi connectivity index (χ2v) is 5.09. The average molecular weight is 308 g/mol. The molecule has 0 radical (unpaired) electrons. The van der Waals surface area contributed by atoms with Crippen molar-refractivity contribution in [1.82, 2.24) is 9.80 Å². The van der Waals surface area contributed by atoms with Crippen molar-refractivity contribution in [3.63, 3.8) is 0 Å². The lowest BCUT2D eigenvalue weighted by atomic mass is 10.2. The first-order valence-corrected chi connectivity index (χ1v) is 7.39. The highest BCUT2D eigenvalue weighted by Gasteiger charge is 2.22. The maximum atomic E-state index is 12.4. The van der Waals surface area contributed by atoms with Crippen LogP contribution in [0.3, 0.4) is 0 Å². The number of urea groups is 1. The molecule has 0 aliphatic carbocycles. The first kappa shape index (κ1) is 16.4.